The van der Waals surface area contributed by atoms with E-state index in [9.17, 15) is 4.79 Å². The molecule has 0 saturated heterocycles. The van der Waals surface area contributed by atoms with Gasteiger partial charge in [0.1, 0.15) is 0 Å². The predicted molar refractivity (Wildman–Crippen MR) is 98.8 cm³/mol. The second kappa shape index (κ2) is 7.57. The lowest BCUT2D eigenvalue weighted by atomic mass is 10.1. The fourth-order valence-corrected chi connectivity index (χ4v) is 2.53. The summed E-state index contributed by atoms with van der Waals surface area (Å²) in [4.78, 5) is 20.5. The average molecular weight is 332 g/mol. The molecule has 0 aliphatic heterocycles. The second-order valence-electron chi connectivity index (χ2n) is 5.95. The fourth-order valence-electron chi connectivity index (χ4n) is 2.53. The molecule has 1 aromatic carbocycles. The average Bonchev–Trinajstić information content (AvgIpc) is 2.63. The lowest BCUT2D eigenvalue weighted by Gasteiger charge is -2.11. The number of carbonyl (C=O) groups excluding carboxylic acids is 1. The van der Waals surface area contributed by atoms with E-state index in [-0.39, 0.29) is 5.91 Å². The van der Waals surface area contributed by atoms with E-state index in [1.165, 1.54) is 5.56 Å². The Morgan fingerprint density at radius 1 is 1.04 bits per heavy atom. The minimum absolute atomic E-state index is 0.166. The van der Waals surface area contributed by atoms with Crippen molar-refractivity contribution in [3.8, 4) is 0 Å². The molecule has 0 aliphatic rings. The number of hydrogen-bond donors (Lipinski definition) is 2. The van der Waals surface area contributed by atoms with Gasteiger partial charge in [0, 0.05) is 30.8 Å². The van der Waals surface area contributed by atoms with E-state index in [4.69, 9.17) is 0 Å². The van der Waals surface area contributed by atoms with Crippen LogP contribution in [0.4, 0.5) is 11.4 Å². The number of rotatable bonds is 5. The first-order valence-electron chi connectivity index (χ1n) is 8.08. The summed E-state index contributed by atoms with van der Waals surface area (Å²) in [5.41, 5.74) is 5.60. The van der Waals surface area contributed by atoms with Gasteiger partial charge in [0.05, 0.1) is 17.4 Å². The van der Waals surface area contributed by atoms with Crippen molar-refractivity contribution in [1.82, 2.24) is 15.3 Å². The Morgan fingerprint density at radius 3 is 2.68 bits per heavy atom. The van der Waals surface area contributed by atoms with Crippen molar-refractivity contribution in [1.29, 1.82) is 0 Å². The molecule has 0 fully saturated rings. The van der Waals surface area contributed by atoms with Crippen molar-refractivity contribution in [2.45, 2.75) is 20.4 Å². The van der Waals surface area contributed by atoms with Crippen LogP contribution in [0.1, 0.15) is 27.0 Å². The van der Waals surface area contributed by atoms with Gasteiger partial charge in [-0.1, -0.05) is 23.8 Å². The highest BCUT2D eigenvalue weighted by Gasteiger charge is 2.08. The third-order valence-corrected chi connectivity index (χ3v) is 3.84. The predicted octanol–water partition coefficient (Wildman–Crippen LogP) is 3.77. The zero-order valence-corrected chi connectivity index (χ0v) is 14.3. The lowest BCUT2D eigenvalue weighted by molar-refractivity contribution is 0.0950. The summed E-state index contributed by atoms with van der Waals surface area (Å²) in [7, 11) is 0. The number of benzene rings is 1. The first-order valence-corrected chi connectivity index (χ1v) is 8.08. The minimum Gasteiger partial charge on any atom is -0.354 e. The zero-order valence-electron chi connectivity index (χ0n) is 14.3. The highest BCUT2D eigenvalue weighted by atomic mass is 16.1. The van der Waals surface area contributed by atoms with Crippen molar-refractivity contribution >= 4 is 17.3 Å². The first kappa shape index (κ1) is 16.6. The molecule has 2 N–H and O–H groups in total. The molecule has 0 bridgehead atoms. The van der Waals surface area contributed by atoms with Crippen LogP contribution in [0.15, 0.2) is 61.2 Å². The number of aromatic nitrogens is 2. The second-order valence-corrected chi connectivity index (χ2v) is 5.95. The summed E-state index contributed by atoms with van der Waals surface area (Å²) in [5.74, 6) is -0.166. The number of hydrogen-bond acceptors (Lipinski definition) is 4. The minimum atomic E-state index is -0.166. The molecule has 3 aromatic rings. The van der Waals surface area contributed by atoms with Crippen LogP contribution in [0.5, 0.6) is 0 Å². The Morgan fingerprint density at radius 2 is 1.92 bits per heavy atom. The zero-order chi connectivity index (χ0) is 17.6. The summed E-state index contributed by atoms with van der Waals surface area (Å²) in [6.45, 7) is 4.54. The highest BCUT2D eigenvalue weighted by molar-refractivity contribution is 5.94. The molecule has 1 amide bonds. The van der Waals surface area contributed by atoms with Gasteiger partial charge < -0.3 is 10.6 Å². The molecule has 0 spiro atoms. The molecule has 2 aromatic heterocycles. The van der Waals surface area contributed by atoms with E-state index in [1.807, 2.05) is 31.2 Å². The molecule has 0 saturated carbocycles. The molecular formula is C20H20N4O. The molecule has 5 heteroatoms. The molecule has 0 radical (unpaired) electrons. The van der Waals surface area contributed by atoms with E-state index in [1.54, 1.807) is 30.9 Å². The maximum Gasteiger partial charge on any atom is 0.253 e. The number of amides is 1. The maximum absolute atomic E-state index is 12.3. The molecule has 0 aliphatic carbocycles. The number of anilines is 2. The highest BCUT2D eigenvalue weighted by Crippen LogP contribution is 2.21. The molecule has 126 valence electrons. The van der Waals surface area contributed by atoms with Crippen LogP contribution in [0.2, 0.25) is 0 Å². The number of aryl methyl sites for hydroxylation is 2. The van der Waals surface area contributed by atoms with E-state index in [0.717, 1.165) is 22.5 Å². The van der Waals surface area contributed by atoms with Crippen molar-refractivity contribution in [2.75, 3.05) is 5.32 Å². The summed E-state index contributed by atoms with van der Waals surface area (Å²) >= 11 is 0. The normalized spacial score (nSPS) is 10.3. The Labute approximate surface area is 147 Å². The molecule has 5 nitrogen and oxygen atoms in total. The monoisotopic (exact) mass is 332 g/mol. The van der Waals surface area contributed by atoms with E-state index in [0.29, 0.717) is 12.1 Å². The summed E-state index contributed by atoms with van der Waals surface area (Å²) in [6.07, 6.45) is 6.71. The van der Waals surface area contributed by atoms with Crippen LogP contribution in [0.25, 0.3) is 0 Å². The van der Waals surface area contributed by atoms with Gasteiger partial charge in [0.15, 0.2) is 0 Å². The van der Waals surface area contributed by atoms with Gasteiger partial charge in [-0.3, -0.25) is 14.8 Å². The van der Waals surface area contributed by atoms with Crippen LogP contribution >= 0.6 is 0 Å². The van der Waals surface area contributed by atoms with E-state index < -0.39 is 0 Å². The molecule has 3 rings (SSSR count). The first-order chi connectivity index (χ1) is 12.1. The lowest BCUT2D eigenvalue weighted by Crippen LogP contribution is -2.23. The Bertz CT molecular complexity index is 878. The molecule has 25 heavy (non-hydrogen) atoms. The third-order valence-electron chi connectivity index (χ3n) is 3.84. The van der Waals surface area contributed by atoms with Gasteiger partial charge in [-0.2, -0.15) is 0 Å². The fraction of sp³-hybridized carbons (Fsp3) is 0.150. The Hall–Kier alpha value is -3.21. The van der Waals surface area contributed by atoms with Crippen molar-refractivity contribution < 1.29 is 4.79 Å². The quantitative estimate of drug-likeness (QED) is 0.746. The molecule has 0 unspecified atom stereocenters. The summed E-state index contributed by atoms with van der Waals surface area (Å²) < 4.78 is 0. The number of nitrogens with one attached hydrogen (secondary N) is 2. The Kier molecular flexibility index (Phi) is 5.04. The smallest absolute Gasteiger partial charge is 0.253 e. The van der Waals surface area contributed by atoms with E-state index in [2.05, 4.69) is 33.6 Å². The maximum atomic E-state index is 12.3. The summed E-state index contributed by atoms with van der Waals surface area (Å²) in [6, 6.07) is 11.7. The van der Waals surface area contributed by atoms with Crippen LogP contribution in [-0.4, -0.2) is 15.9 Å². The number of pyridine rings is 2. The van der Waals surface area contributed by atoms with Crippen molar-refractivity contribution in [3.63, 3.8) is 0 Å². The Balaban J connectivity index is 1.69. The van der Waals surface area contributed by atoms with Crippen molar-refractivity contribution in [2.24, 2.45) is 0 Å². The topological polar surface area (TPSA) is 66.9 Å². The van der Waals surface area contributed by atoms with Crippen molar-refractivity contribution in [3.05, 3.63) is 83.4 Å². The van der Waals surface area contributed by atoms with Gasteiger partial charge in [-0.25, -0.2) is 0 Å². The SMILES string of the molecule is Cc1ccc(Nc2cncc(C(=O)NCc3cccnc3)c2)c(C)c1. The number of carbonyl (C=O) groups is 1. The van der Waals surface area contributed by atoms with Gasteiger partial charge in [-0.15, -0.1) is 0 Å². The van der Waals surface area contributed by atoms with Gasteiger partial charge in [0.25, 0.3) is 5.91 Å². The number of nitrogens with zero attached hydrogens (tertiary/aromatic N) is 2. The van der Waals surface area contributed by atoms with Gasteiger partial charge in [0.2, 0.25) is 0 Å². The largest absolute Gasteiger partial charge is 0.354 e. The van der Waals surface area contributed by atoms with Gasteiger partial charge in [-0.05, 0) is 43.2 Å². The van der Waals surface area contributed by atoms with Gasteiger partial charge >= 0.3 is 0 Å². The van der Waals surface area contributed by atoms with Crippen LogP contribution in [-0.2, 0) is 6.54 Å². The molecule has 2 heterocycles. The van der Waals surface area contributed by atoms with Crippen LogP contribution in [0, 0.1) is 13.8 Å². The van der Waals surface area contributed by atoms with Crippen LogP contribution < -0.4 is 10.6 Å². The standard InChI is InChI=1S/C20H20N4O/c1-14-5-6-19(15(2)8-14)24-18-9-17(12-22-13-18)20(25)23-11-16-4-3-7-21-10-16/h3-10,12-13,24H,11H2,1-2H3,(H,23,25). The van der Waals surface area contributed by atoms with Crippen LogP contribution in [0.3, 0.4) is 0 Å². The summed E-state index contributed by atoms with van der Waals surface area (Å²) in [5, 5.41) is 6.19. The third kappa shape index (κ3) is 4.41. The van der Waals surface area contributed by atoms with E-state index >= 15 is 0 Å². The molecular weight excluding hydrogens is 312 g/mol. The molecule has 0 atom stereocenters.